The summed E-state index contributed by atoms with van der Waals surface area (Å²) in [6.07, 6.45) is 9.55. The fourth-order valence-electron chi connectivity index (χ4n) is 15.4. The summed E-state index contributed by atoms with van der Waals surface area (Å²) in [6.45, 7) is 113. The second kappa shape index (κ2) is 68.7. The molecule has 0 unspecified atom stereocenters. The smallest absolute Gasteiger partial charge is 0.130 e. The molecule has 0 saturated heterocycles. The van der Waals surface area contributed by atoms with Crippen molar-refractivity contribution in [3.63, 3.8) is 0 Å². The van der Waals surface area contributed by atoms with E-state index in [-0.39, 0.29) is 103 Å². The minimum atomic E-state index is -0.542. The Morgan fingerprint density at radius 3 is 0.913 bits per heavy atom. The van der Waals surface area contributed by atoms with E-state index >= 15 is 0 Å². The van der Waals surface area contributed by atoms with Crippen molar-refractivity contribution in [1.82, 2.24) is 68.8 Å². The lowest BCUT2D eigenvalue weighted by molar-refractivity contribution is 0.320. The minimum absolute atomic E-state index is 0.0424. The Bertz CT molecular complexity index is 4650. The standard InChI is InChI=1S/C13H20FN.2C12H17Cl2N.C12H18ClN.C12H17F2N.C12H18FN.C12H19N.C11H18N2.C9H21N.C8H19N.C8H17N.C7H15N/c1-9-6-7-11(8-12(9)14)10(2)15-13(3,4)5;1-8(15-12(2,3)4)10-6-5-9(13)7-11(10)14;1-8(15-12(2,3)4)9-5-6-10(13)11(14)7-9;1-9(14-12(2,3)4)10-5-7-11(13)8-6-10;1-8(15-12(2,3)4)10-6-5-9(13)7-11(10)14;1-9(14-12(2,3)4)10-5-7-11(13)8-6-10;1-10(13-12(2,3)4)11-8-6-5-7-9-11;1-9(13-11(2,3)4)10-5-7-12-8-6-10;1-7(2)8(3)10-9(4,5)6;2*1-6-7(2)9-8(3,4)5;1-7(2,3)8-6-4-5-6/h6-8,10,15H,1-5H3;2*5-8,15H,1-4H3;5-9,14H,1-4H3;5-8,15H,1-4H3;5-9,14H,1-4H3;5-10,13H,1-4H3;5-9,13H,1-4H3;7-8,10H,1-6H3;7,9H,6H2,1-5H3;6-7,9H,1H2,2-5H3;6,8H,4-5H2,1-3H3/t10-;2*8-;9-;8-;9-;10-;9-;8-;2*7-;/m00000000000./s1. The summed E-state index contributed by atoms with van der Waals surface area (Å²) in [5, 5.41) is 44.8. The number of pyridine rings is 1. The van der Waals surface area contributed by atoms with Crippen molar-refractivity contribution >= 4 is 58.0 Å². The van der Waals surface area contributed by atoms with Gasteiger partial charge in [-0.25, -0.2) is 17.6 Å². The van der Waals surface area contributed by atoms with Gasteiger partial charge >= 0.3 is 0 Å². The molecular weight excluding hydrogens is 1970 g/mol. The molecule has 1 saturated carbocycles. The molecule has 0 spiro atoms. The van der Waals surface area contributed by atoms with Crippen LogP contribution in [0.15, 0.2) is 189 Å². The molecule has 856 valence electrons. The number of halogens is 9. The van der Waals surface area contributed by atoms with Crippen LogP contribution in [0.5, 0.6) is 0 Å². The predicted octanol–water partition coefficient (Wildman–Crippen LogP) is 36.7. The van der Waals surface area contributed by atoms with E-state index in [2.05, 4.69) is 430 Å². The third kappa shape index (κ3) is 82.6. The Labute approximate surface area is 942 Å². The molecule has 12 N–H and O–H groups in total. The Kier molecular flexibility index (Phi) is 67.9. The molecule has 0 radical (unpaired) electrons. The molecular formula is C128H216Cl5F4N13. The summed E-state index contributed by atoms with van der Waals surface area (Å²) in [4.78, 5) is 4.00. The van der Waals surface area contributed by atoms with Crippen LogP contribution in [-0.2, 0) is 0 Å². The average molecular weight is 2190 g/mol. The zero-order chi connectivity index (χ0) is 117. The normalized spacial score (nSPS) is 14.7. The van der Waals surface area contributed by atoms with Gasteiger partial charge in [0.1, 0.15) is 23.3 Å². The molecule has 1 heterocycles. The fraction of sp³-hybridized carbons (Fsp3) is 0.617. The van der Waals surface area contributed by atoms with Crippen LogP contribution in [0.2, 0.25) is 25.1 Å². The van der Waals surface area contributed by atoms with Crippen LogP contribution in [0, 0.1) is 36.1 Å². The molecule has 11 atom stereocenters. The Hall–Kier alpha value is -5.88. The zero-order valence-corrected chi connectivity index (χ0v) is 107. The third-order valence-corrected chi connectivity index (χ3v) is 23.2. The van der Waals surface area contributed by atoms with Gasteiger partial charge < -0.3 is 63.8 Å². The molecule has 22 heteroatoms. The monoisotopic (exact) mass is 2190 g/mol. The first-order valence-corrected chi connectivity index (χ1v) is 56.1. The number of nitrogens with zero attached hydrogens (tertiary/aromatic N) is 1. The first-order valence-electron chi connectivity index (χ1n) is 54.3. The molecule has 13 nitrogen and oxygen atoms in total. The van der Waals surface area contributed by atoms with Gasteiger partial charge in [0.15, 0.2) is 0 Å². The Morgan fingerprint density at radius 1 is 0.300 bits per heavy atom. The van der Waals surface area contributed by atoms with Gasteiger partial charge in [-0.3, -0.25) is 4.98 Å². The molecule has 1 aliphatic rings. The quantitative estimate of drug-likeness (QED) is 0.0217. The number of aromatic nitrogens is 1. The van der Waals surface area contributed by atoms with E-state index in [4.69, 9.17) is 58.0 Å². The summed E-state index contributed by atoms with van der Waals surface area (Å²) in [5.74, 6) is -0.635. The lowest BCUT2D eigenvalue weighted by Crippen LogP contribution is -2.44. The topological polar surface area (TPSA) is 157 Å². The van der Waals surface area contributed by atoms with Crippen LogP contribution in [0.1, 0.15) is 464 Å². The molecule has 1 aromatic heterocycles. The van der Waals surface area contributed by atoms with E-state index in [0.717, 1.165) is 45.3 Å². The van der Waals surface area contributed by atoms with Crippen LogP contribution in [0.25, 0.3) is 0 Å². The van der Waals surface area contributed by atoms with Crippen molar-refractivity contribution in [2.75, 3.05) is 0 Å². The summed E-state index contributed by atoms with van der Waals surface area (Å²) in [7, 11) is 0. The SMILES string of the molecule is C=C[C@H](C)NC(C)(C)C.CC(C)(C)NC1CC1.CC(C)[C@H](C)NC(C)(C)C.CC[C@H](C)NC(C)(C)C.C[C@H](NC(C)(C)C)c1ccc(Cl)c(Cl)c1.C[C@H](NC(C)(C)C)c1ccc(Cl)cc1.C[C@H](NC(C)(C)C)c1ccc(Cl)cc1Cl.C[C@H](NC(C)(C)C)c1ccc(F)cc1.C[C@H](NC(C)(C)C)c1ccc(F)cc1F.C[C@H](NC(C)(C)C)c1ccccc1.C[C@H](NC(C)(C)C)c1ccncc1.Cc1ccc([C@H](C)NC(C)(C)C)cc1F. The van der Waals surface area contributed by atoms with E-state index < -0.39 is 11.6 Å². The minimum Gasteiger partial charge on any atom is -0.310 e. The highest BCUT2D eigenvalue weighted by molar-refractivity contribution is 6.42. The highest BCUT2D eigenvalue weighted by Crippen LogP contribution is 2.32. The van der Waals surface area contributed by atoms with Crippen molar-refractivity contribution in [1.29, 1.82) is 0 Å². The van der Waals surface area contributed by atoms with Crippen molar-refractivity contribution in [2.45, 2.75) is 511 Å². The van der Waals surface area contributed by atoms with Gasteiger partial charge in [-0.2, -0.15) is 0 Å². The Balaban J connectivity index is -0.00000158. The molecule has 9 rings (SSSR count). The molecule has 0 amide bonds. The lowest BCUT2D eigenvalue weighted by atomic mass is 10.0. The van der Waals surface area contributed by atoms with Gasteiger partial charge in [-0.1, -0.05) is 170 Å². The van der Waals surface area contributed by atoms with Gasteiger partial charge in [-0.15, -0.1) is 6.58 Å². The maximum absolute atomic E-state index is 13.4. The fourth-order valence-corrected chi connectivity index (χ4v) is 16.4. The number of hydrogen-bond acceptors (Lipinski definition) is 13. The first-order chi connectivity index (χ1) is 67.7. The molecule has 7 aromatic carbocycles. The van der Waals surface area contributed by atoms with Crippen LogP contribution in [-0.4, -0.2) is 95.6 Å². The summed E-state index contributed by atoms with van der Waals surface area (Å²) < 4.78 is 52.1. The highest BCUT2D eigenvalue weighted by atomic mass is 35.5. The second-order valence-electron chi connectivity index (χ2n) is 53.0. The highest BCUT2D eigenvalue weighted by Gasteiger charge is 2.28. The molecule has 150 heavy (non-hydrogen) atoms. The van der Waals surface area contributed by atoms with Gasteiger partial charge in [-0.05, 0) is 475 Å². The molecule has 1 aliphatic carbocycles. The summed E-state index contributed by atoms with van der Waals surface area (Å²) >= 11 is 29.6. The van der Waals surface area contributed by atoms with E-state index in [1.807, 2.05) is 131 Å². The van der Waals surface area contributed by atoms with E-state index in [9.17, 15) is 17.6 Å². The summed E-state index contributed by atoms with van der Waals surface area (Å²) in [6, 6.07) is 54.1. The van der Waals surface area contributed by atoms with Gasteiger partial charge in [0.25, 0.3) is 0 Å². The number of hydrogen-bond donors (Lipinski definition) is 12. The molecule has 0 aliphatic heterocycles. The van der Waals surface area contributed by atoms with E-state index in [1.165, 1.54) is 60.2 Å². The van der Waals surface area contributed by atoms with Crippen molar-refractivity contribution in [2.24, 2.45) is 5.92 Å². The van der Waals surface area contributed by atoms with Gasteiger partial charge in [0.05, 0.1) is 10.0 Å². The van der Waals surface area contributed by atoms with Crippen LogP contribution in [0.4, 0.5) is 17.6 Å². The third-order valence-electron chi connectivity index (χ3n) is 21.6. The number of benzene rings is 7. The number of aryl methyl sites for hydroxylation is 1. The lowest BCUT2D eigenvalue weighted by Gasteiger charge is -2.28. The van der Waals surface area contributed by atoms with Crippen molar-refractivity contribution < 1.29 is 17.6 Å². The zero-order valence-electron chi connectivity index (χ0n) is 104. The van der Waals surface area contributed by atoms with Crippen molar-refractivity contribution in [3.8, 4) is 0 Å². The maximum Gasteiger partial charge on any atom is 0.130 e. The molecule has 0 bridgehead atoms. The Morgan fingerprint density at radius 2 is 0.613 bits per heavy atom. The number of nitrogens with one attached hydrogen (secondary N) is 12. The van der Waals surface area contributed by atoms with Crippen molar-refractivity contribution in [3.05, 3.63) is 287 Å². The second-order valence-corrected chi connectivity index (χ2v) is 55.0. The predicted molar refractivity (Wildman–Crippen MR) is 658 cm³/mol. The number of rotatable bonds is 23. The maximum atomic E-state index is 13.4. The largest absolute Gasteiger partial charge is 0.310 e. The van der Waals surface area contributed by atoms with Gasteiger partial charge in [0, 0.05) is 178 Å². The van der Waals surface area contributed by atoms with Crippen LogP contribution >= 0.6 is 58.0 Å². The molecule has 1 fully saturated rings. The van der Waals surface area contributed by atoms with Gasteiger partial charge in [0.2, 0.25) is 0 Å². The summed E-state index contributed by atoms with van der Waals surface area (Å²) in [5.41, 5.74) is 11.1. The van der Waals surface area contributed by atoms with Crippen LogP contribution in [0.3, 0.4) is 0 Å². The van der Waals surface area contributed by atoms with Crippen LogP contribution < -0.4 is 63.8 Å². The molecule has 8 aromatic rings. The first kappa shape index (κ1) is 148. The van der Waals surface area contributed by atoms with E-state index in [1.54, 1.807) is 19.1 Å². The average Bonchev–Trinajstić information content (AvgIpc) is 1.13. The van der Waals surface area contributed by atoms with E-state index in [0.29, 0.717) is 73.0 Å².